The van der Waals surface area contributed by atoms with E-state index >= 15 is 0 Å². The number of hydrogen-bond donors (Lipinski definition) is 2. The minimum atomic E-state index is 0. The van der Waals surface area contributed by atoms with Crippen molar-refractivity contribution >= 4 is 0 Å². The first-order valence-electron chi connectivity index (χ1n) is 12.1. The number of phenolic OH excluding ortho intramolecular Hbond substituents is 2. The van der Waals surface area contributed by atoms with Crippen LogP contribution in [0.15, 0.2) is 133 Å². The molecule has 2 N–H and O–H groups in total. The van der Waals surface area contributed by atoms with Gasteiger partial charge in [0.1, 0.15) is 11.5 Å². The van der Waals surface area contributed by atoms with Gasteiger partial charge in [0.05, 0.1) is 0 Å². The summed E-state index contributed by atoms with van der Waals surface area (Å²) >= 11 is 0. The van der Waals surface area contributed by atoms with Crippen molar-refractivity contribution in [1.29, 1.82) is 0 Å². The van der Waals surface area contributed by atoms with Crippen molar-refractivity contribution < 1.29 is 10.2 Å². The first-order valence-corrected chi connectivity index (χ1v) is 12.1. The van der Waals surface area contributed by atoms with Crippen LogP contribution < -0.4 is 0 Å². The van der Waals surface area contributed by atoms with E-state index in [0.717, 1.165) is 0 Å². The summed E-state index contributed by atoms with van der Waals surface area (Å²) in [6.45, 7) is 12.5. The molecule has 0 fully saturated rings. The molecule has 4 aromatic rings. The molecule has 0 aliphatic rings. The number of benzene rings is 4. The van der Waals surface area contributed by atoms with Gasteiger partial charge in [-0.05, 0) is 24.3 Å². The van der Waals surface area contributed by atoms with Gasteiger partial charge in [-0.25, -0.2) is 0 Å². The zero-order valence-electron chi connectivity index (χ0n) is 22.0. The molecule has 0 aliphatic carbocycles. The van der Waals surface area contributed by atoms with Gasteiger partial charge in [0.25, 0.3) is 0 Å². The number of aromatic hydroxyl groups is 2. The Kier molecular flexibility index (Phi) is 41.8. The van der Waals surface area contributed by atoms with Gasteiger partial charge in [0.15, 0.2) is 0 Å². The van der Waals surface area contributed by atoms with E-state index in [0.29, 0.717) is 11.5 Å². The minimum absolute atomic E-state index is 0. The quantitative estimate of drug-likeness (QED) is 0.264. The van der Waals surface area contributed by atoms with E-state index < -0.39 is 0 Å². The second kappa shape index (κ2) is 37.8. The maximum Gasteiger partial charge on any atom is 0.115 e. The van der Waals surface area contributed by atoms with Gasteiger partial charge >= 0.3 is 0 Å². The topological polar surface area (TPSA) is 40.5 Å². The molecule has 194 valence electrons. The third-order valence-corrected chi connectivity index (χ3v) is 2.85. The number of rotatable bonds is 0. The van der Waals surface area contributed by atoms with Gasteiger partial charge in [-0.3, -0.25) is 0 Å². The molecular formula is C33H50O2. The molecule has 0 spiro atoms. The molecule has 2 heteroatoms. The first kappa shape index (κ1) is 38.7. The smallest absolute Gasteiger partial charge is 0.115 e. The van der Waals surface area contributed by atoms with Crippen LogP contribution in [0.2, 0.25) is 0 Å². The molecule has 2 nitrogen and oxygen atoms in total. The summed E-state index contributed by atoms with van der Waals surface area (Å²) in [5.74, 6) is 0.644. The third-order valence-electron chi connectivity index (χ3n) is 2.85. The van der Waals surface area contributed by atoms with Gasteiger partial charge in [-0.15, -0.1) is 0 Å². The summed E-state index contributed by atoms with van der Waals surface area (Å²) in [6.07, 6.45) is 2.50. The maximum absolute atomic E-state index is 8.63. The Hall–Kier alpha value is -3.52. The average Bonchev–Trinajstić information content (AvgIpc) is 2.90. The summed E-state index contributed by atoms with van der Waals surface area (Å²) in [5, 5.41) is 17.3. The zero-order valence-corrected chi connectivity index (χ0v) is 22.0. The molecule has 0 heterocycles. The number of hydrogen-bond acceptors (Lipinski definition) is 2. The van der Waals surface area contributed by atoms with Gasteiger partial charge in [-0.1, -0.05) is 171 Å². The zero-order chi connectivity index (χ0) is 26.1. The van der Waals surface area contributed by atoms with Crippen LogP contribution in [0.5, 0.6) is 11.5 Å². The van der Waals surface area contributed by atoms with Crippen molar-refractivity contribution in [3.8, 4) is 11.5 Å². The van der Waals surface area contributed by atoms with E-state index in [-0.39, 0.29) is 7.43 Å². The monoisotopic (exact) mass is 478 g/mol. The van der Waals surface area contributed by atoms with Crippen molar-refractivity contribution in [1.82, 2.24) is 0 Å². The molecule has 4 aromatic carbocycles. The fraction of sp³-hybridized carbons (Fsp3) is 0.273. The highest BCUT2D eigenvalue weighted by atomic mass is 16.3. The lowest BCUT2D eigenvalue weighted by atomic mass is 10.3. The summed E-state index contributed by atoms with van der Waals surface area (Å²) in [6, 6.07) is 41.4. The average molecular weight is 479 g/mol. The molecule has 0 atom stereocenters. The summed E-state index contributed by atoms with van der Waals surface area (Å²) in [5.41, 5.74) is 0. The lowest BCUT2D eigenvalue weighted by Gasteiger charge is -1.82. The van der Waals surface area contributed by atoms with E-state index in [4.69, 9.17) is 10.2 Å². The van der Waals surface area contributed by atoms with Crippen molar-refractivity contribution in [2.75, 3.05) is 0 Å². The normalized spacial score (nSPS) is 7.37. The molecule has 0 aromatic heterocycles. The highest BCUT2D eigenvalue weighted by molar-refractivity contribution is 5.19. The molecule has 0 aliphatic heterocycles. The van der Waals surface area contributed by atoms with Gasteiger partial charge in [0.2, 0.25) is 0 Å². The molecular weight excluding hydrogens is 428 g/mol. The Morgan fingerprint density at radius 2 is 0.486 bits per heavy atom. The van der Waals surface area contributed by atoms with Gasteiger partial charge in [-0.2, -0.15) is 0 Å². The number of phenols is 2. The second-order valence-corrected chi connectivity index (χ2v) is 6.39. The van der Waals surface area contributed by atoms with E-state index in [9.17, 15) is 0 Å². The molecule has 0 saturated heterocycles. The standard InChI is InChI=1S/2C6H6O.2C6H6.2C3H8.C2H6.CH4/c2*7-6-4-2-1-3-5-6;2*1-2-4-6-5-3-1;2*1-3-2;1-2;/h2*1-5,7H;2*1-6H;2*3H2,1-2H3;1-2H3;1H4. The van der Waals surface area contributed by atoms with Gasteiger partial charge in [0, 0.05) is 0 Å². The molecule has 0 radical (unpaired) electrons. The number of para-hydroxylation sites is 2. The van der Waals surface area contributed by atoms with E-state index in [1.807, 2.05) is 98.8 Å². The van der Waals surface area contributed by atoms with Crippen molar-refractivity contribution in [2.24, 2.45) is 0 Å². The van der Waals surface area contributed by atoms with Crippen LogP contribution >= 0.6 is 0 Å². The summed E-state index contributed by atoms with van der Waals surface area (Å²) in [4.78, 5) is 0. The fourth-order valence-electron chi connectivity index (χ4n) is 1.63. The lowest BCUT2D eigenvalue weighted by molar-refractivity contribution is 0.475. The van der Waals surface area contributed by atoms with Crippen molar-refractivity contribution in [3.63, 3.8) is 0 Å². The predicted octanol–water partition coefficient (Wildman–Crippen LogP) is 10.7. The Balaban J connectivity index is -0.000000166. The SMILES string of the molecule is C.CC.CCC.CCC.Oc1ccccc1.Oc1ccccc1.c1ccccc1.c1ccccc1. The van der Waals surface area contributed by atoms with Crippen LogP contribution in [0.1, 0.15) is 61.8 Å². The highest BCUT2D eigenvalue weighted by Gasteiger charge is 1.75. The fourth-order valence-corrected chi connectivity index (χ4v) is 1.63. The van der Waals surface area contributed by atoms with Crippen molar-refractivity contribution in [2.45, 2.75) is 61.8 Å². The summed E-state index contributed by atoms with van der Waals surface area (Å²) in [7, 11) is 0. The van der Waals surface area contributed by atoms with Crippen LogP contribution in [-0.2, 0) is 0 Å². The van der Waals surface area contributed by atoms with Crippen LogP contribution in [0.4, 0.5) is 0 Å². The minimum Gasteiger partial charge on any atom is -0.508 e. The van der Waals surface area contributed by atoms with E-state index in [1.54, 1.807) is 48.5 Å². The highest BCUT2D eigenvalue weighted by Crippen LogP contribution is 2.03. The summed E-state index contributed by atoms with van der Waals surface area (Å²) < 4.78 is 0. The maximum atomic E-state index is 8.63. The Labute approximate surface area is 217 Å². The molecule has 0 bridgehead atoms. The lowest BCUT2D eigenvalue weighted by Crippen LogP contribution is -1.56. The molecule has 35 heavy (non-hydrogen) atoms. The van der Waals surface area contributed by atoms with Crippen molar-refractivity contribution in [3.05, 3.63) is 133 Å². The van der Waals surface area contributed by atoms with Crippen LogP contribution in [-0.4, -0.2) is 10.2 Å². The van der Waals surface area contributed by atoms with E-state index in [1.165, 1.54) is 12.8 Å². The molecule has 0 amide bonds. The largest absolute Gasteiger partial charge is 0.508 e. The Bertz CT molecular complexity index is 649. The molecule has 0 unspecified atom stereocenters. The molecule has 4 rings (SSSR count). The van der Waals surface area contributed by atoms with Crippen LogP contribution in [0.3, 0.4) is 0 Å². The Morgan fingerprint density at radius 1 is 0.371 bits per heavy atom. The second-order valence-electron chi connectivity index (χ2n) is 6.39. The Morgan fingerprint density at radius 3 is 0.571 bits per heavy atom. The van der Waals surface area contributed by atoms with E-state index in [2.05, 4.69) is 27.7 Å². The van der Waals surface area contributed by atoms with Gasteiger partial charge < -0.3 is 10.2 Å². The van der Waals surface area contributed by atoms with Crippen LogP contribution in [0, 0.1) is 0 Å². The predicted molar refractivity (Wildman–Crippen MR) is 159 cm³/mol. The third kappa shape index (κ3) is 41.3. The molecule has 0 saturated carbocycles. The first-order chi connectivity index (χ1) is 16.6. The van der Waals surface area contributed by atoms with Crippen LogP contribution in [0.25, 0.3) is 0 Å².